The van der Waals surface area contributed by atoms with Crippen LogP contribution in [0.15, 0.2) is 47.5 Å². The Kier molecular flexibility index (Phi) is 10.3. The van der Waals surface area contributed by atoms with E-state index in [1.807, 2.05) is 43.3 Å². The van der Waals surface area contributed by atoms with Crippen molar-refractivity contribution in [2.75, 3.05) is 52.8 Å². The molecule has 2 heterocycles. The molecule has 0 saturated carbocycles. The normalized spacial score (nSPS) is 15.2. The zero-order valence-corrected chi connectivity index (χ0v) is 21.3. The highest BCUT2D eigenvalue weighted by Gasteiger charge is 2.24. The van der Waals surface area contributed by atoms with Gasteiger partial charge in [-0.3, -0.25) is 9.89 Å². The number of nitrogens with one attached hydrogen (secondary N) is 2. The van der Waals surface area contributed by atoms with E-state index in [2.05, 4.69) is 43.7 Å². The molecule has 0 bridgehead atoms. The predicted molar refractivity (Wildman–Crippen MR) is 139 cm³/mol. The summed E-state index contributed by atoms with van der Waals surface area (Å²) in [5.74, 6) is 2.62. The van der Waals surface area contributed by atoms with Crippen LogP contribution in [-0.2, 0) is 6.54 Å². The van der Waals surface area contributed by atoms with Crippen molar-refractivity contribution in [3.63, 3.8) is 0 Å². The summed E-state index contributed by atoms with van der Waals surface area (Å²) in [7, 11) is 7.51. The van der Waals surface area contributed by atoms with Crippen molar-refractivity contribution in [1.82, 2.24) is 20.5 Å². The first-order valence-corrected chi connectivity index (χ1v) is 10.6. The Bertz CT molecular complexity index is 838. The van der Waals surface area contributed by atoms with Gasteiger partial charge in [-0.15, -0.1) is 24.0 Å². The number of nitrogens with zero attached hydrogens (tertiary/aromatic N) is 4. The average Bonchev–Trinajstić information content (AvgIpc) is 3.31. The first-order valence-electron chi connectivity index (χ1n) is 10.6. The van der Waals surface area contributed by atoms with Crippen molar-refractivity contribution in [2.45, 2.75) is 25.4 Å². The summed E-state index contributed by atoms with van der Waals surface area (Å²) in [6.07, 6.45) is 2.50. The highest BCUT2D eigenvalue weighted by molar-refractivity contribution is 14.0. The highest BCUT2D eigenvalue weighted by atomic mass is 127. The Morgan fingerprint density at radius 3 is 2.58 bits per heavy atom. The van der Waals surface area contributed by atoms with Gasteiger partial charge in [0.15, 0.2) is 5.96 Å². The molecular weight excluding hydrogens is 503 g/mol. The van der Waals surface area contributed by atoms with E-state index in [1.165, 1.54) is 18.4 Å². The summed E-state index contributed by atoms with van der Waals surface area (Å²) in [6, 6.07) is 14.7. The highest BCUT2D eigenvalue weighted by Crippen LogP contribution is 2.27. The van der Waals surface area contributed by atoms with E-state index in [1.54, 1.807) is 14.2 Å². The number of pyridine rings is 1. The fourth-order valence-corrected chi connectivity index (χ4v) is 3.76. The third-order valence-corrected chi connectivity index (χ3v) is 5.43. The molecule has 2 aromatic rings. The number of hydrogen-bond donors (Lipinski definition) is 2. The smallest absolute Gasteiger partial charge is 0.191 e. The topological polar surface area (TPSA) is 65.0 Å². The molecule has 1 fully saturated rings. The second-order valence-corrected chi connectivity index (χ2v) is 7.72. The molecule has 170 valence electrons. The average molecular weight is 538 g/mol. The summed E-state index contributed by atoms with van der Waals surface area (Å²) in [6.45, 7) is 3.64. The second-order valence-electron chi connectivity index (χ2n) is 7.72. The molecule has 3 rings (SSSR count). The maximum Gasteiger partial charge on any atom is 0.191 e. The molecule has 1 saturated heterocycles. The number of benzene rings is 1. The standard InChI is InChI=1S/C23H34N6O.HI/c1-24-23(25-16-19-10-8-12-22(27-19)28(2)3)26-17-21(29-13-5-6-14-29)18-9-7-11-20(15-18)30-4;/h7-12,15,21H,5-6,13-14,16-17H2,1-4H3,(H2,24,25,26);1H. The zero-order chi connectivity index (χ0) is 21.3. The molecule has 0 radical (unpaired) electrons. The lowest BCUT2D eigenvalue weighted by Crippen LogP contribution is -2.42. The van der Waals surface area contributed by atoms with Crippen LogP contribution in [0, 0.1) is 0 Å². The molecule has 2 N–H and O–H groups in total. The summed E-state index contributed by atoms with van der Waals surface area (Å²) in [4.78, 5) is 13.6. The quantitative estimate of drug-likeness (QED) is 0.306. The van der Waals surface area contributed by atoms with Gasteiger partial charge in [-0.1, -0.05) is 18.2 Å². The fourth-order valence-electron chi connectivity index (χ4n) is 3.76. The summed E-state index contributed by atoms with van der Waals surface area (Å²) >= 11 is 0. The Morgan fingerprint density at radius 2 is 1.90 bits per heavy atom. The SMILES string of the molecule is CN=C(NCc1cccc(N(C)C)n1)NCC(c1cccc(OC)c1)N1CCCC1.I. The van der Waals surface area contributed by atoms with Gasteiger partial charge >= 0.3 is 0 Å². The van der Waals surface area contributed by atoms with Gasteiger partial charge in [-0.25, -0.2) is 4.98 Å². The first kappa shape index (κ1) is 25.2. The Balaban J connectivity index is 0.00000341. The second kappa shape index (κ2) is 12.7. The van der Waals surface area contributed by atoms with Crippen LogP contribution in [0.1, 0.15) is 30.1 Å². The van der Waals surface area contributed by atoms with Crippen molar-refractivity contribution >= 4 is 35.8 Å². The van der Waals surface area contributed by atoms with E-state index < -0.39 is 0 Å². The van der Waals surface area contributed by atoms with Crippen LogP contribution in [0.4, 0.5) is 5.82 Å². The molecule has 7 nitrogen and oxygen atoms in total. The van der Waals surface area contributed by atoms with E-state index in [0.717, 1.165) is 42.9 Å². The Hall–Kier alpha value is -2.07. The third-order valence-electron chi connectivity index (χ3n) is 5.43. The third kappa shape index (κ3) is 7.24. The lowest BCUT2D eigenvalue weighted by molar-refractivity contribution is 0.245. The monoisotopic (exact) mass is 538 g/mol. The van der Waals surface area contributed by atoms with Gasteiger partial charge in [0.05, 0.1) is 25.4 Å². The van der Waals surface area contributed by atoms with Crippen LogP contribution in [0.2, 0.25) is 0 Å². The summed E-state index contributed by atoms with van der Waals surface area (Å²) < 4.78 is 5.44. The lowest BCUT2D eigenvalue weighted by Gasteiger charge is -2.29. The fraction of sp³-hybridized carbons (Fsp3) is 0.478. The number of guanidine groups is 1. The lowest BCUT2D eigenvalue weighted by atomic mass is 10.1. The van der Waals surface area contributed by atoms with E-state index in [4.69, 9.17) is 4.74 Å². The molecule has 1 unspecified atom stereocenters. The van der Waals surface area contributed by atoms with E-state index >= 15 is 0 Å². The maximum absolute atomic E-state index is 5.44. The summed E-state index contributed by atoms with van der Waals surface area (Å²) in [5, 5.41) is 6.89. The Labute approximate surface area is 203 Å². The molecule has 31 heavy (non-hydrogen) atoms. The molecule has 1 aromatic carbocycles. The zero-order valence-electron chi connectivity index (χ0n) is 19.0. The van der Waals surface area contributed by atoms with Gasteiger partial charge in [0.25, 0.3) is 0 Å². The van der Waals surface area contributed by atoms with E-state index in [0.29, 0.717) is 6.54 Å². The number of likely N-dealkylation sites (tertiary alicyclic amines) is 1. The van der Waals surface area contributed by atoms with Crippen molar-refractivity contribution in [3.05, 3.63) is 53.7 Å². The van der Waals surface area contributed by atoms with Crippen molar-refractivity contribution < 1.29 is 4.74 Å². The minimum atomic E-state index is 0. The van der Waals surface area contributed by atoms with E-state index in [9.17, 15) is 0 Å². The van der Waals surface area contributed by atoms with Crippen molar-refractivity contribution in [2.24, 2.45) is 4.99 Å². The molecule has 0 aliphatic carbocycles. The molecule has 1 aliphatic rings. The van der Waals surface area contributed by atoms with Crippen LogP contribution >= 0.6 is 24.0 Å². The van der Waals surface area contributed by atoms with Gasteiger partial charge in [0.2, 0.25) is 0 Å². The van der Waals surface area contributed by atoms with Crippen LogP contribution in [0.25, 0.3) is 0 Å². The molecule has 0 amide bonds. The number of halogens is 1. The van der Waals surface area contributed by atoms with Gasteiger partial charge in [0.1, 0.15) is 11.6 Å². The van der Waals surface area contributed by atoms with Gasteiger partial charge in [-0.2, -0.15) is 0 Å². The number of aliphatic imine (C=N–C) groups is 1. The first-order chi connectivity index (χ1) is 14.6. The largest absolute Gasteiger partial charge is 0.497 e. The summed E-state index contributed by atoms with van der Waals surface area (Å²) in [5.41, 5.74) is 2.24. The maximum atomic E-state index is 5.44. The van der Waals surface area contributed by atoms with Crippen LogP contribution in [0.3, 0.4) is 0 Å². The number of hydrogen-bond acceptors (Lipinski definition) is 5. The minimum Gasteiger partial charge on any atom is -0.497 e. The molecule has 0 spiro atoms. The van der Waals surface area contributed by atoms with E-state index in [-0.39, 0.29) is 30.0 Å². The number of methoxy groups -OCH3 is 1. The number of anilines is 1. The van der Waals surface area contributed by atoms with Crippen LogP contribution in [0.5, 0.6) is 5.75 Å². The van der Waals surface area contributed by atoms with Gasteiger partial charge in [0, 0.05) is 27.7 Å². The Morgan fingerprint density at radius 1 is 1.16 bits per heavy atom. The number of ether oxygens (including phenoxy) is 1. The molecule has 1 atom stereocenters. The van der Waals surface area contributed by atoms with Crippen LogP contribution in [-0.4, -0.2) is 63.7 Å². The van der Waals surface area contributed by atoms with Crippen molar-refractivity contribution in [3.8, 4) is 5.75 Å². The molecule has 1 aromatic heterocycles. The van der Waals surface area contributed by atoms with Crippen molar-refractivity contribution in [1.29, 1.82) is 0 Å². The molecule has 8 heteroatoms. The van der Waals surface area contributed by atoms with Gasteiger partial charge < -0.3 is 20.3 Å². The van der Waals surface area contributed by atoms with Crippen LogP contribution < -0.4 is 20.3 Å². The predicted octanol–water partition coefficient (Wildman–Crippen LogP) is 3.28. The number of rotatable bonds is 8. The number of aromatic nitrogens is 1. The molecule has 1 aliphatic heterocycles. The van der Waals surface area contributed by atoms with Gasteiger partial charge in [-0.05, 0) is 55.8 Å². The molecular formula is C23H35IN6O. The minimum absolute atomic E-state index is 0.